The zero-order chi connectivity index (χ0) is 18.5. The number of H-pyrrole nitrogens is 1. The number of rotatable bonds is 6. The lowest BCUT2D eigenvalue weighted by molar-refractivity contribution is -0.124. The van der Waals surface area contributed by atoms with Gasteiger partial charge in [-0.15, -0.1) is 0 Å². The van der Waals surface area contributed by atoms with Gasteiger partial charge in [0.25, 0.3) is 5.91 Å². The normalized spacial score (nSPS) is 11.4. The van der Waals surface area contributed by atoms with Crippen LogP contribution in [0.1, 0.15) is 30.8 Å². The molecular formula is C20H21N3O3. The summed E-state index contributed by atoms with van der Waals surface area (Å²) < 4.78 is 5.71. The molecule has 0 aliphatic heterocycles. The lowest BCUT2D eigenvalue weighted by atomic mass is 10.1. The van der Waals surface area contributed by atoms with Crippen LogP contribution in [0.5, 0.6) is 5.75 Å². The van der Waals surface area contributed by atoms with Crippen molar-refractivity contribution in [2.75, 3.05) is 0 Å². The summed E-state index contributed by atoms with van der Waals surface area (Å²) in [4.78, 5) is 18.9. The maximum absolute atomic E-state index is 11.0. The van der Waals surface area contributed by atoms with E-state index in [2.05, 4.69) is 9.97 Å². The monoisotopic (exact) mass is 351 g/mol. The number of hydrogen-bond donors (Lipinski definition) is 3. The Bertz CT molecular complexity index is 927. The van der Waals surface area contributed by atoms with Crippen LogP contribution in [0.4, 0.5) is 0 Å². The Balaban J connectivity index is 1.72. The highest BCUT2D eigenvalue weighted by atomic mass is 16.5. The van der Waals surface area contributed by atoms with Crippen LogP contribution >= 0.6 is 0 Å². The predicted octanol–water partition coefficient (Wildman–Crippen LogP) is 3.46. The van der Waals surface area contributed by atoms with Crippen LogP contribution in [0.25, 0.3) is 17.1 Å². The number of benzene rings is 2. The molecule has 0 saturated carbocycles. The first-order chi connectivity index (χ1) is 12.5. The van der Waals surface area contributed by atoms with Gasteiger partial charge in [-0.2, -0.15) is 0 Å². The summed E-state index contributed by atoms with van der Waals surface area (Å²) in [6.07, 6.45) is 3.71. The molecule has 1 amide bonds. The Morgan fingerprint density at radius 1 is 1.27 bits per heavy atom. The summed E-state index contributed by atoms with van der Waals surface area (Å²) in [5.41, 5.74) is 5.39. The number of nitrogens with one attached hydrogen (secondary N) is 2. The highest BCUT2D eigenvalue weighted by Gasteiger charge is 2.06. The van der Waals surface area contributed by atoms with E-state index in [9.17, 15) is 4.79 Å². The predicted molar refractivity (Wildman–Crippen MR) is 100 cm³/mol. The topological polar surface area (TPSA) is 87.2 Å². The summed E-state index contributed by atoms with van der Waals surface area (Å²) in [5.74, 6) is 1.15. The molecule has 0 radical (unpaired) electrons. The molecule has 1 heterocycles. The van der Waals surface area contributed by atoms with Gasteiger partial charge in [-0.05, 0) is 43.2 Å². The van der Waals surface area contributed by atoms with E-state index in [1.165, 1.54) is 6.08 Å². The van der Waals surface area contributed by atoms with Crippen LogP contribution < -0.4 is 10.2 Å². The molecule has 0 atom stereocenters. The second-order valence-corrected chi connectivity index (χ2v) is 6.26. The number of aromatic nitrogens is 2. The number of aromatic amines is 1. The fraction of sp³-hybridized carbons (Fsp3) is 0.200. The molecule has 0 aliphatic rings. The minimum absolute atomic E-state index is 0.130. The van der Waals surface area contributed by atoms with E-state index < -0.39 is 5.91 Å². The number of amides is 1. The van der Waals surface area contributed by atoms with Gasteiger partial charge in [0.15, 0.2) is 0 Å². The third-order valence-electron chi connectivity index (χ3n) is 3.76. The minimum atomic E-state index is -0.558. The smallest absolute Gasteiger partial charge is 0.267 e. The molecule has 0 unspecified atom stereocenters. The van der Waals surface area contributed by atoms with E-state index in [0.29, 0.717) is 6.42 Å². The van der Waals surface area contributed by atoms with Crippen molar-refractivity contribution < 1.29 is 14.7 Å². The molecule has 3 N–H and O–H groups in total. The van der Waals surface area contributed by atoms with Gasteiger partial charge < -0.3 is 9.72 Å². The molecule has 3 aromatic rings. The largest absolute Gasteiger partial charge is 0.491 e. The third-order valence-corrected chi connectivity index (χ3v) is 3.76. The third kappa shape index (κ3) is 4.49. The Kier molecular flexibility index (Phi) is 5.34. The molecule has 1 aromatic heterocycles. The van der Waals surface area contributed by atoms with E-state index in [4.69, 9.17) is 9.94 Å². The van der Waals surface area contributed by atoms with E-state index in [0.717, 1.165) is 33.7 Å². The van der Waals surface area contributed by atoms with Crippen molar-refractivity contribution in [1.29, 1.82) is 0 Å². The first-order valence-corrected chi connectivity index (χ1v) is 8.40. The summed E-state index contributed by atoms with van der Waals surface area (Å²) in [5, 5.41) is 8.47. The Morgan fingerprint density at radius 3 is 2.73 bits per heavy atom. The molecule has 0 aliphatic carbocycles. The van der Waals surface area contributed by atoms with Crippen LogP contribution in [0.15, 0.2) is 48.5 Å². The molecule has 2 aromatic carbocycles. The van der Waals surface area contributed by atoms with Crippen molar-refractivity contribution in [2.45, 2.75) is 26.4 Å². The number of hydroxylamine groups is 1. The molecule has 0 bridgehead atoms. The van der Waals surface area contributed by atoms with Gasteiger partial charge in [-0.3, -0.25) is 10.0 Å². The van der Waals surface area contributed by atoms with Crippen LogP contribution in [0, 0.1) is 0 Å². The number of carbonyl (C=O) groups is 1. The van der Waals surface area contributed by atoms with Crippen molar-refractivity contribution in [3.8, 4) is 5.75 Å². The molecule has 6 heteroatoms. The molecule has 0 fully saturated rings. The van der Waals surface area contributed by atoms with Crippen molar-refractivity contribution >= 4 is 23.0 Å². The van der Waals surface area contributed by atoms with Crippen LogP contribution in [0.2, 0.25) is 0 Å². The lowest BCUT2D eigenvalue weighted by Crippen LogP contribution is -2.14. The number of nitrogens with zero attached hydrogens (tertiary/aromatic N) is 1. The number of ether oxygens (including phenoxy) is 1. The lowest BCUT2D eigenvalue weighted by Gasteiger charge is -2.08. The first kappa shape index (κ1) is 17.7. The molecule has 134 valence electrons. The van der Waals surface area contributed by atoms with Crippen molar-refractivity contribution in [1.82, 2.24) is 15.4 Å². The maximum atomic E-state index is 11.0. The first-order valence-electron chi connectivity index (χ1n) is 8.40. The molecule has 0 spiro atoms. The summed E-state index contributed by atoms with van der Waals surface area (Å²) in [6, 6.07) is 13.6. The zero-order valence-corrected chi connectivity index (χ0v) is 14.7. The minimum Gasteiger partial charge on any atom is -0.491 e. The second kappa shape index (κ2) is 7.84. The van der Waals surface area contributed by atoms with Gasteiger partial charge in [0.05, 0.1) is 17.1 Å². The second-order valence-electron chi connectivity index (χ2n) is 6.26. The van der Waals surface area contributed by atoms with E-state index in [1.54, 1.807) is 11.6 Å². The Labute approximate surface area is 151 Å². The summed E-state index contributed by atoms with van der Waals surface area (Å²) in [6.45, 7) is 4.00. The zero-order valence-electron chi connectivity index (χ0n) is 14.7. The van der Waals surface area contributed by atoms with Crippen molar-refractivity contribution in [3.63, 3.8) is 0 Å². The fourth-order valence-corrected chi connectivity index (χ4v) is 2.62. The SMILES string of the molecule is CC(C)Oc1ccc2nc(Cc3ccc(/C=C/C(=O)NO)cc3)[nH]c2c1. The van der Waals surface area contributed by atoms with E-state index in [-0.39, 0.29) is 6.10 Å². The molecule has 0 saturated heterocycles. The highest BCUT2D eigenvalue weighted by molar-refractivity contribution is 5.90. The van der Waals surface area contributed by atoms with Crippen LogP contribution in [-0.2, 0) is 11.2 Å². The number of carbonyl (C=O) groups excluding carboxylic acids is 1. The molecule has 26 heavy (non-hydrogen) atoms. The fourth-order valence-electron chi connectivity index (χ4n) is 2.62. The van der Waals surface area contributed by atoms with Crippen LogP contribution in [0.3, 0.4) is 0 Å². The number of fused-ring (bicyclic) bond motifs is 1. The van der Waals surface area contributed by atoms with Crippen molar-refractivity contribution in [2.24, 2.45) is 0 Å². The highest BCUT2D eigenvalue weighted by Crippen LogP contribution is 2.21. The van der Waals surface area contributed by atoms with Gasteiger partial charge >= 0.3 is 0 Å². The Morgan fingerprint density at radius 2 is 2.04 bits per heavy atom. The van der Waals surface area contributed by atoms with Gasteiger partial charge in [0.1, 0.15) is 11.6 Å². The standard InChI is InChI=1S/C20H21N3O3/c1-13(2)26-16-8-9-17-18(12-16)22-19(21-17)11-15-5-3-14(4-6-15)7-10-20(24)23-25/h3-10,12-13,25H,11H2,1-2H3,(H,21,22)(H,23,24)/b10-7+. The van der Waals surface area contributed by atoms with Gasteiger partial charge in [-0.25, -0.2) is 10.5 Å². The van der Waals surface area contributed by atoms with Gasteiger partial charge in [-0.1, -0.05) is 24.3 Å². The molecule has 6 nitrogen and oxygen atoms in total. The summed E-state index contributed by atoms with van der Waals surface area (Å²) in [7, 11) is 0. The summed E-state index contributed by atoms with van der Waals surface area (Å²) >= 11 is 0. The average Bonchev–Trinajstić information content (AvgIpc) is 3.01. The van der Waals surface area contributed by atoms with E-state index >= 15 is 0 Å². The van der Waals surface area contributed by atoms with E-state index in [1.807, 2.05) is 56.3 Å². The number of imidazole rings is 1. The van der Waals surface area contributed by atoms with Gasteiger partial charge in [0, 0.05) is 18.6 Å². The van der Waals surface area contributed by atoms with Gasteiger partial charge in [0.2, 0.25) is 0 Å². The maximum Gasteiger partial charge on any atom is 0.267 e. The molecule has 3 rings (SSSR count). The average molecular weight is 351 g/mol. The van der Waals surface area contributed by atoms with Crippen LogP contribution in [-0.4, -0.2) is 27.2 Å². The van der Waals surface area contributed by atoms with Crippen molar-refractivity contribution in [3.05, 3.63) is 65.5 Å². The Hall–Kier alpha value is -3.12. The quantitative estimate of drug-likeness (QED) is 0.361. The molecular weight excluding hydrogens is 330 g/mol. The number of hydrogen-bond acceptors (Lipinski definition) is 4.